The molecule has 8 nitrogen and oxygen atoms in total. The SMILES string of the molecule is COC(C)N.COC(C)N.O=C(O)CCCCCCCCC(=O)O. The summed E-state index contributed by atoms with van der Waals surface area (Å²) >= 11 is 0. The molecule has 8 heteroatoms. The summed E-state index contributed by atoms with van der Waals surface area (Å²) in [6.07, 6.45) is 5.59. The average molecular weight is 352 g/mol. The van der Waals surface area contributed by atoms with E-state index in [-0.39, 0.29) is 25.3 Å². The van der Waals surface area contributed by atoms with E-state index in [4.69, 9.17) is 21.7 Å². The number of aliphatic carboxylic acids is 2. The Bertz CT molecular complexity index is 258. The molecular weight excluding hydrogens is 316 g/mol. The third kappa shape index (κ3) is 42.8. The van der Waals surface area contributed by atoms with Crippen LogP contribution in [0.15, 0.2) is 0 Å². The Labute approximate surface area is 145 Å². The van der Waals surface area contributed by atoms with E-state index in [9.17, 15) is 9.59 Å². The molecule has 146 valence electrons. The lowest BCUT2D eigenvalue weighted by molar-refractivity contribution is -0.138. The first-order valence-corrected chi connectivity index (χ1v) is 8.17. The van der Waals surface area contributed by atoms with Crippen molar-refractivity contribution in [3.05, 3.63) is 0 Å². The van der Waals surface area contributed by atoms with Gasteiger partial charge in [-0.25, -0.2) is 0 Å². The molecule has 0 aromatic heterocycles. The van der Waals surface area contributed by atoms with Gasteiger partial charge in [0.05, 0.1) is 0 Å². The van der Waals surface area contributed by atoms with Crippen molar-refractivity contribution >= 4 is 11.9 Å². The Morgan fingerprint density at radius 3 is 1.12 bits per heavy atom. The fraction of sp³-hybridized carbons (Fsp3) is 0.875. The number of nitrogens with two attached hydrogens (primary N) is 2. The van der Waals surface area contributed by atoms with Gasteiger partial charge in [-0.2, -0.15) is 0 Å². The van der Waals surface area contributed by atoms with Crippen LogP contribution in [-0.4, -0.2) is 48.8 Å². The molecule has 0 aliphatic heterocycles. The van der Waals surface area contributed by atoms with Gasteiger partial charge in [0, 0.05) is 27.1 Å². The van der Waals surface area contributed by atoms with Gasteiger partial charge in [0.1, 0.15) is 12.5 Å². The summed E-state index contributed by atoms with van der Waals surface area (Å²) in [5, 5.41) is 16.7. The second-order valence-electron chi connectivity index (χ2n) is 5.29. The zero-order chi connectivity index (χ0) is 19.4. The largest absolute Gasteiger partial charge is 0.481 e. The number of carboxylic acid groups (broad SMARTS) is 2. The van der Waals surface area contributed by atoms with Crippen LogP contribution in [0.3, 0.4) is 0 Å². The molecule has 0 bridgehead atoms. The maximum absolute atomic E-state index is 10.1. The van der Waals surface area contributed by atoms with E-state index in [1.807, 2.05) is 0 Å². The van der Waals surface area contributed by atoms with Crippen molar-refractivity contribution in [2.75, 3.05) is 14.2 Å². The Balaban J connectivity index is -0.000000361. The maximum atomic E-state index is 10.1. The highest BCUT2D eigenvalue weighted by atomic mass is 16.5. The standard InChI is InChI=1S/C10H18O4.2C3H9NO/c11-9(12)7-5-3-1-2-4-6-8-10(13)14;2*1-3(4)5-2/h1-8H2,(H,11,12)(H,13,14);2*3H,4H2,1-2H3. The molecule has 0 radical (unpaired) electrons. The van der Waals surface area contributed by atoms with Crippen molar-refractivity contribution in [1.82, 2.24) is 0 Å². The molecule has 2 atom stereocenters. The van der Waals surface area contributed by atoms with Gasteiger partial charge in [0.2, 0.25) is 0 Å². The van der Waals surface area contributed by atoms with Crippen LogP contribution in [0.1, 0.15) is 65.2 Å². The van der Waals surface area contributed by atoms with E-state index in [1.54, 1.807) is 28.1 Å². The number of hydrogen-bond acceptors (Lipinski definition) is 6. The fourth-order valence-corrected chi connectivity index (χ4v) is 1.26. The van der Waals surface area contributed by atoms with Crippen molar-refractivity contribution in [3.8, 4) is 0 Å². The first-order valence-electron chi connectivity index (χ1n) is 8.17. The van der Waals surface area contributed by atoms with Crippen molar-refractivity contribution in [2.45, 2.75) is 77.7 Å². The number of unbranched alkanes of at least 4 members (excludes halogenated alkanes) is 5. The van der Waals surface area contributed by atoms with E-state index in [0.29, 0.717) is 0 Å². The minimum Gasteiger partial charge on any atom is -0.481 e. The van der Waals surface area contributed by atoms with Gasteiger partial charge in [-0.15, -0.1) is 0 Å². The molecule has 0 fully saturated rings. The minimum absolute atomic E-state index is 0.116. The lowest BCUT2D eigenvalue weighted by Gasteiger charge is -1.98. The van der Waals surface area contributed by atoms with Gasteiger partial charge < -0.3 is 31.2 Å². The van der Waals surface area contributed by atoms with Crippen LogP contribution in [0.4, 0.5) is 0 Å². The molecule has 0 rings (SSSR count). The van der Waals surface area contributed by atoms with Crippen LogP contribution in [-0.2, 0) is 19.1 Å². The third-order valence-corrected chi connectivity index (χ3v) is 2.77. The molecule has 0 heterocycles. The van der Waals surface area contributed by atoms with E-state index in [0.717, 1.165) is 38.5 Å². The number of ether oxygens (including phenoxy) is 2. The topological polar surface area (TPSA) is 145 Å². The van der Waals surface area contributed by atoms with Crippen molar-refractivity contribution < 1.29 is 29.3 Å². The normalized spacial score (nSPS) is 12.1. The maximum Gasteiger partial charge on any atom is 0.303 e. The Kier molecular flexibility index (Phi) is 25.1. The lowest BCUT2D eigenvalue weighted by Crippen LogP contribution is -2.15. The van der Waals surface area contributed by atoms with Crippen molar-refractivity contribution in [2.24, 2.45) is 11.5 Å². The molecule has 2 unspecified atom stereocenters. The van der Waals surface area contributed by atoms with E-state index in [2.05, 4.69) is 9.47 Å². The molecule has 0 saturated carbocycles. The predicted molar refractivity (Wildman–Crippen MR) is 93.5 cm³/mol. The predicted octanol–water partition coefficient (Wildman–Crippen LogP) is 2.15. The van der Waals surface area contributed by atoms with Crippen LogP contribution in [0, 0.1) is 0 Å². The molecule has 0 aliphatic carbocycles. The first-order chi connectivity index (χ1) is 11.2. The van der Waals surface area contributed by atoms with Crippen molar-refractivity contribution in [1.29, 1.82) is 0 Å². The van der Waals surface area contributed by atoms with E-state index < -0.39 is 11.9 Å². The lowest BCUT2D eigenvalue weighted by atomic mass is 10.1. The molecule has 0 aliphatic rings. The molecule has 0 spiro atoms. The fourth-order valence-electron chi connectivity index (χ4n) is 1.26. The number of hydrogen-bond donors (Lipinski definition) is 4. The summed E-state index contributed by atoms with van der Waals surface area (Å²) < 4.78 is 9.06. The summed E-state index contributed by atoms with van der Waals surface area (Å²) in [6, 6.07) is 0. The molecule has 6 N–H and O–H groups in total. The molecule has 0 amide bonds. The van der Waals surface area contributed by atoms with Gasteiger partial charge in [0.25, 0.3) is 0 Å². The van der Waals surface area contributed by atoms with Crippen LogP contribution < -0.4 is 11.5 Å². The average Bonchev–Trinajstić information content (AvgIpc) is 2.50. The van der Waals surface area contributed by atoms with Gasteiger partial charge in [-0.3, -0.25) is 9.59 Å². The summed E-state index contributed by atoms with van der Waals surface area (Å²) in [5.41, 5.74) is 10.1. The minimum atomic E-state index is -0.740. The Morgan fingerprint density at radius 1 is 0.750 bits per heavy atom. The van der Waals surface area contributed by atoms with Crippen LogP contribution in [0.2, 0.25) is 0 Å². The zero-order valence-corrected chi connectivity index (χ0v) is 15.5. The zero-order valence-electron chi connectivity index (χ0n) is 15.5. The summed E-state index contributed by atoms with van der Waals surface area (Å²) in [5.74, 6) is -1.48. The van der Waals surface area contributed by atoms with Gasteiger partial charge in [0.15, 0.2) is 0 Å². The second kappa shape index (κ2) is 21.8. The highest BCUT2D eigenvalue weighted by molar-refractivity contribution is 5.66. The molecule has 24 heavy (non-hydrogen) atoms. The van der Waals surface area contributed by atoms with Gasteiger partial charge in [-0.05, 0) is 26.7 Å². The number of rotatable bonds is 11. The van der Waals surface area contributed by atoms with Crippen molar-refractivity contribution in [3.63, 3.8) is 0 Å². The molecule has 0 saturated heterocycles. The Hall–Kier alpha value is -1.22. The third-order valence-electron chi connectivity index (χ3n) is 2.77. The second-order valence-corrected chi connectivity index (χ2v) is 5.29. The molecule has 0 aromatic carbocycles. The summed E-state index contributed by atoms with van der Waals surface area (Å²) in [7, 11) is 3.15. The van der Waals surface area contributed by atoms with Crippen LogP contribution >= 0.6 is 0 Å². The number of methoxy groups -OCH3 is 2. The van der Waals surface area contributed by atoms with Gasteiger partial charge >= 0.3 is 11.9 Å². The van der Waals surface area contributed by atoms with Crippen LogP contribution in [0.25, 0.3) is 0 Å². The Morgan fingerprint density at radius 2 is 0.958 bits per heavy atom. The van der Waals surface area contributed by atoms with E-state index >= 15 is 0 Å². The highest BCUT2D eigenvalue weighted by Gasteiger charge is 1.98. The van der Waals surface area contributed by atoms with E-state index in [1.165, 1.54) is 0 Å². The van der Waals surface area contributed by atoms with Crippen LogP contribution in [0.5, 0.6) is 0 Å². The summed E-state index contributed by atoms with van der Waals surface area (Å²) in [6.45, 7) is 3.56. The smallest absolute Gasteiger partial charge is 0.303 e. The molecule has 0 aromatic rings. The molecular formula is C16H36N2O6. The summed E-state index contributed by atoms with van der Waals surface area (Å²) in [4.78, 5) is 20.3. The highest BCUT2D eigenvalue weighted by Crippen LogP contribution is 2.08. The van der Waals surface area contributed by atoms with Gasteiger partial charge in [-0.1, -0.05) is 25.7 Å². The first kappa shape index (κ1) is 27.6. The number of carbonyl (C=O) groups is 2. The quantitative estimate of drug-likeness (QED) is 0.327. The monoisotopic (exact) mass is 352 g/mol. The number of carboxylic acids is 2.